The predicted molar refractivity (Wildman–Crippen MR) is 81.7 cm³/mol. The van der Waals surface area contributed by atoms with Crippen LogP contribution in [0.3, 0.4) is 0 Å². The van der Waals surface area contributed by atoms with Crippen molar-refractivity contribution in [2.24, 2.45) is 0 Å². The van der Waals surface area contributed by atoms with E-state index in [0.717, 1.165) is 11.9 Å². The Morgan fingerprint density at radius 1 is 1.42 bits per heavy atom. The number of aromatic amines is 1. The van der Waals surface area contributed by atoms with E-state index in [1.807, 2.05) is 18.0 Å². The van der Waals surface area contributed by atoms with E-state index in [1.165, 1.54) is 15.8 Å². The summed E-state index contributed by atoms with van der Waals surface area (Å²) in [6.45, 7) is 6.63. The minimum atomic E-state index is 0.0240. The van der Waals surface area contributed by atoms with E-state index in [4.69, 9.17) is 0 Å². The van der Waals surface area contributed by atoms with Crippen LogP contribution in [-0.2, 0) is 11.2 Å². The van der Waals surface area contributed by atoms with Crippen molar-refractivity contribution in [3.05, 3.63) is 30.0 Å². The standard InChI is InChI=1S/C15H20N2OS/c1-10(2)19-13-4-5-15-14(8-13)12(9-17-15)6-7-16-11(3)18/h4-5,8-10,17H,6-7H2,1-3H3,(H,16,18). The van der Waals surface area contributed by atoms with Gasteiger partial charge in [-0.15, -0.1) is 11.8 Å². The Morgan fingerprint density at radius 2 is 2.21 bits per heavy atom. The molecule has 2 N–H and O–H groups in total. The lowest BCUT2D eigenvalue weighted by atomic mass is 10.1. The Morgan fingerprint density at radius 3 is 2.89 bits per heavy atom. The van der Waals surface area contributed by atoms with Crippen LogP contribution < -0.4 is 5.32 Å². The first kappa shape index (κ1) is 14.0. The third kappa shape index (κ3) is 3.77. The summed E-state index contributed by atoms with van der Waals surface area (Å²) in [5.74, 6) is 0.0240. The first-order valence-electron chi connectivity index (χ1n) is 6.57. The number of carbonyl (C=O) groups excluding carboxylic acids is 1. The van der Waals surface area contributed by atoms with Gasteiger partial charge >= 0.3 is 0 Å². The first-order chi connectivity index (χ1) is 9.06. The van der Waals surface area contributed by atoms with Crippen LogP contribution in [0.25, 0.3) is 10.9 Å². The molecule has 0 aliphatic heterocycles. The molecule has 3 nitrogen and oxygen atoms in total. The summed E-state index contributed by atoms with van der Waals surface area (Å²) >= 11 is 1.87. The molecule has 0 saturated heterocycles. The van der Waals surface area contributed by atoms with E-state index in [2.05, 4.69) is 42.3 Å². The molecule has 4 heteroatoms. The number of benzene rings is 1. The molecule has 0 unspecified atom stereocenters. The van der Waals surface area contributed by atoms with Crippen molar-refractivity contribution in [3.63, 3.8) is 0 Å². The molecule has 0 radical (unpaired) electrons. The molecule has 1 aromatic heterocycles. The molecule has 19 heavy (non-hydrogen) atoms. The number of rotatable bonds is 5. The van der Waals surface area contributed by atoms with Crippen LogP contribution >= 0.6 is 11.8 Å². The van der Waals surface area contributed by atoms with Gasteiger partial charge < -0.3 is 10.3 Å². The van der Waals surface area contributed by atoms with E-state index >= 15 is 0 Å². The van der Waals surface area contributed by atoms with E-state index in [9.17, 15) is 4.79 Å². The molecule has 2 aromatic rings. The van der Waals surface area contributed by atoms with Crippen molar-refractivity contribution in [2.45, 2.75) is 37.3 Å². The third-order valence-electron chi connectivity index (χ3n) is 2.88. The van der Waals surface area contributed by atoms with Crippen molar-refractivity contribution in [1.82, 2.24) is 10.3 Å². The van der Waals surface area contributed by atoms with E-state index in [1.54, 1.807) is 6.92 Å². The van der Waals surface area contributed by atoms with Crippen LogP contribution in [0.4, 0.5) is 0 Å². The summed E-state index contributed by atoms with van der Waals surface area (Å²) in [5.41, 5.74) is 2.42. The number of carbonyl (C=O) groups is 1. The largest absolute Gasteiger partial charge is 0.361 e. The summed E-state index contributed by atoms with van der Waals surface area (Å²) in [4.78, 5) is 15.5. The van der Waals surface area contributed by atoms with Crippen molar-refractivity contribution in [2.75, 3.05) is 6.54 Å². The number of fused-ring (bicyclic) bond motifs is 1. The monoisotopic (exact) mass is 276 g/mol. The van der Waals surface area contributed by atoms with Crippen molar-refractivity contribution in [1.29, 1.82) is 0 Å². The second-order valence-corrected chi connectivity index (χ2v) is 6.57. The first-order valence-corrected chi connectivity index (χ1v) is 7.45. The zero-order chi connectivity index (χ0) is 13.8. The molecule has 1 aromatic carbocycles. The highest BCUT2D eigenvalue weighted by Crippen LogP contribution is 2.28. The van der Waals surface area contributed by atoms with Crippen LogP contribution in [-0.4, -0.2) is 22.7 Å². The molecular weight excluding hydrogens is 256 g/mol. The second-order valence-electron chi connectivity index (χ2n) is 4.92. The van der Waals surface area contributed by atoms with Gasteiger partial charge in [0.15, 0.2) is 0 Å². The molecule has 0 bridgehead atoms. The Hall–Kier alpha value is -1.42. The Balaban J connectivity index is 2.17. The molecule has 1 amide bonds. The van der Waals surface area contributed by atoms with Gasteiger partial charge in [0.05, 0.1) is 0 Å². The maximum absolute atomic E-state index is 10.9. The lowest BCUT2D eigenvalue weighted by molar-refractivity contribution is -0.118. The number of amides is 1. The normalized spacial score (nSPS) is 11.2. The average Bonchev–Trinajstić information content (AvgIpc) is 2.71. The molecular formula is C15H20N2OS. The molecule has 102 valence electrons. The van der Waals surface area contributed by atoms with Crippen molar-refractivity contribution < 1.29 is 4.79 Å². The Bertz CT molecular complexity index is 575. The van der Waals surface area contributed by atoms with Gasteiger partial charge in [0.25, 0.3) is 0 Å². The quantitative estimate of drug-likeness (QED) is 0.823. The minimum absolute atomic E-state index is 0.0240. The molecule has 0 saturated carbocycles. The van der Waals surface area contributed by atoms with Gasteiger partial charge in [-0.05, 0) is 30.2 Å². The topological polar surface area (TPSA) is 44.9 Å². The van der Waals surface area contributed by atoms with Gasteiger partial charge in [0.2, 0.25) is 5.91 Å². The molecule has 0 spiro atoms. The van der Waals surface area contributed by atoms with Crippen LogP contribution in [0, 0.1) is 0 Å². The third-order valence-corrected chi connectivity index (χ3v) is 3.88. The molecule has 1 heterocycles. The maximum Gasteiger partial charge on any atom is 0.216 e. The summed E-state index contributed by atoms with van der Waals surface area (Å²) in [5, 5.41) is 4.68. The Labute approximate surface area is 118 Å². The molecule has 0 aliphatic rings. The van der Waals surface area contributed by atoms with E-state index in [-0.39, 0.29) is 5.91 Å². The number of hydrogen-bond acceptors (Lipinski definition) is 2. The Kier molecular flexibility index (Phi) is 4.53. The number of hydrogen-bond donors (Lipinski definition) is 2. The van der Waals surface area contributed by atoms with Gasteiger partial charge in [0, 0.05) is 40.7 Å². The fourth-order valence-corrected chi connectivity index (χ4v) is 2.96. The number of nitrogens with one attached hydrogen (secondary N) is 2. The lowest BCUT2D eigenvalue weighted by Crippen LogP contribution is -2.22. The summed E-state index contributed by atoms with van der Waals surface area (Å²) in [7, 11) is 0. The van der Waals surface area contributed by atoms with Crippen molar-refractivity contribution in [3.8, 4) is 0 Å². The van der Waals surface area contributed by atoms with Gasteiger partial charge in [-0.3, -0.25) is 4.79 Å². The van der Waals surface area contributed by atoms with Crippen molar-refractivity contribution >= 4 is 28.6 Å². The van der Waals surface area contributed by atoms with Crippen LogP contribution in [0.2, 0.25) is 0 Å². The smallest absolute Gasteiger partial charge is 0.216 e. The minimum Gasteiger partial charge on any atom is -0.361 e. The molecule has 0 atom stereocenters. The number of aromatic nitrogens is 1. The van der Waals surface area contributed by atoms with Gasteiger partial charge in [-0.2, -0.15) is 0 Å². The molecule has 0 fully saturated rings. The van der Waals surface area contributed by atoms with Gasteiger partial charge in [0.1, 0.15) is 0 Å². The summed E-state index contributed by atoms with van der Waals surface area (Å²) in [6, 6.07) is 6.52. The second kappa shape index (κ2) is 6.15. The maximum atomic E-state index is 10.9. The molecule has 2 rings (SSSR count). The fourth-order valence-electron chi connectivity index (χ4n) is 2.08. The number of thioether (sulfide) groups is 1. The van der Waals surface area contributed by atoms with E-state index in [0.29, 0.717) is 11.8 Å². The average molecular weight is 276 g/mol. The van der Waals surface area contributed by atoms with Crippen LogP contribution in [0.15, 0.2) is 29.3 Å². The van der Waals surface area contributed by atoms with Crippen LogP contribution in [0.1, 0.15) is 26.3 Å². The SMILES string of the molecule is CC(=O)NCCc1c[nH]c2ccc(SC(C)C)cc12. The molecule has 0 aliphatic carbocycles. The van der Waals surface area contributed by atoms with E-state index < -0.39 is 0 Å². The van der Waals surface area contributed by atoms with Gasteiger partial charge in [-0.25, -0.2) is 0 Å². The highest BCUT2D eigenvalue weighted by Gasteiger charge is 2.06. The highest BCUT2D eigenvalue weighted by molar-refractivity contribution is 7.99. The highest BCUT2D eigenvalue weighted by atomic mass is 32.2. The van der Waals surface area contributed by atoms with Crippen LogP contribution in [0.5, 0.6) is 0 Å². The number of H-pyrrole nitrogens is 1. The predicted octanol–water partition coefficient (Wildman–Crippen LogP) is 3.35. The fraction of sp³-hybridized carbons (Fsp3) is 0.400. The lowest BCUT2D eigenvalue weighted by Gasteiger charge is -2.06. The summed E-state index contributed by atoms with van der Waals surface area (Å²) in [6.07, 6.45) is 2.89. The zero-order valence-corrected chi connectivity index (χ0v) is 12.4. The zero-order valence-electron chi connectivity index (χ0n) is 11.6. The van der Waals surface area contributed by atoms with Gasteiger partial charge in [-0.1, -0.05) is 13.8 Å². The summed E-state index contributed by atoms with van der Waals surface area (Å²) < 4.78 is 0.